The number of nitrogens with zero attached hydrogens (tertiary/aromatic N) is 2. The molecule has 3 N–H and O–H groups in total. The maximum atomic E-state index is 14.6. The number of hydrogen-bond acceptors (Lipinski definition) is 7. The van der Waals surface area contributed by atoms with Gasteiger partial charge in [-0.3, -0.25) is 15.6 Å². The Hall–Kier alpha value is -2.99. The molecule has 0 saturated carbocycles. The van der Waals surface area contributed by atoms with E-state index in [0.717, 1.165) is 11.3 Å². The molecular formula is C20H21F4N5O2S. The Balaban J connectivity index is 1.66. The Morgan fingerprint density at radius 2 is 1.94 bits per heavy atom. The molecule has 7 nitrogen and oxygen atoms in total. The summed E-state index contributed by atoms with van der Waals surface area (Å²) in [6.07, 6.45) is -5.81. The van der Waals surface area contributed by atoms with E-state index in [-0.39, 0.29) is 34.2 Å². The van der Waals surface area contributed by atoms with E-state index in [1.54, 1.807) is 38.1 Å². The second kappa shape index (κ2) is 10.1. The second-order valence-corrected chi connectivity index (χ2v) is 7.98. The zero-order valence-electron chi connectivity index (χ0n) is 17.2. The molecule has 0 aliphatic carbocycles. The van der Waals surface area contributed by atoms with Gasteiger partial charge in [0, 0.05) is 13.1 Å². The van der Waals surface area contributed by atoms with Crippen LogP contribution in [0.2, 0.25) is 0 Å². The van der Waals surface area contributed by atoms with E-state index in [2.05, 4.69) is 26.1 Å². The van der Waals surface area contributed by atoms with Crippen molar-refractivity contribution in [3.63, 3.8) is 0 Å². The van der Waals surface area contributed by atoms with Crippen LogP contribution in [0.1, 0.15) is 28.6 Å². The lowest BCUT2D eigenvalue weighted by molar-refractivity contribution is -0.133. The molecule has 1 amide bonds. The standard InChI is InChI=1S/C20H21F4N5O2S/c1-11(10-25-9-8-20(22,23)24)31-19-26-16(21)14-12(2)15(32-18(14)27-19)17(30)29-28-13-6-4-3-5-7-13/h3-7,11,25,28H,8-10H2,1-2H3,(H,29,30). The van der Waals surface area contributed by atoms with Crippen molar-refractivity contribution in [2.75, 3.05) is 18.5 Å². The summed E-state index contributed by atoms with van der Waals surface area (Å²) in [4.78, 5) is 20.9. The summed E-state index contributed by atoms with van der Waals surface area (Å²) in [6, 6.07) is 8.73. The van der Waals surface area contributed by atoms with E-state index in [9.17, 15) is 22.4 Å². The van der Waals surface area contributed by atoms with Gasteiger partial charge in [-0.2, -0.15) is 27.5 Å². The van der Waals surface area contributed by atoms with Crippen LogP contribution in [0, 0.1) is 12.9 Å². The highest BCUT2D eigenvalue weighted by molar-refractivity contribution is 7.20. The first kappa shape index (κ1) is 23.7. The lowest BCUT2D eigenvalue weighted by Gasteiger charge is -2.14. The van der Waals surface area contributed by atoms with Crippen LogP contribution in [0.3, 0.4) is 0 Å². The van der Waals surface area contributed by atoms with Crippen molar-refractivity contribution in [3.8, 4) is 6.01 Å². The smallest absolute Gasteiger partial charge is 0.390 e. The van der Waals surface area contributed by atoms with Gasteiger partial charge in [0.05, 0.1) is 22.4 Å². The van der Waals surface area contributed by atoms with E-state index in [0.29, 0.717) is 11.3 Å². The highest BCUT2D eigenvalue weighted by Crippen LogP contribution is 2.32. The number of carbonyl (C=O) groups excluding carboxylic acids is 1. The van der Waals surface area contributed by atoms with E-state index in [1.807, 2.05) is 6.07 Å². The number of fused-ring (bicyclic) bond motifs is 1. The Morgan fingerprint density at radius 3 is 2.62 bits per heavy atom. The fourth-order valence-electron chi connectivity index (χ4n) is 2.81. The van der Waals surface area contributed by atoms with Crippen molar-refractivity contribution >= 4 is 33.1 Å². The first-order chi connectivity index (χ1) is 15.1. The number of alkyl halides is 3. The molecule has 0 radical (unpaired) electrons. The van der Waals surface area contributed by atoms with Crippen LogP contribution in [0.25, 0.3) is 10.2 Å². The average molecular weight is 471 g/mol. The van der Waals surface area contributed by atoms with E-state index in [4.69, 9.17) is 4.74 Å². The maximum absolute atomic E-state index is 14.6. The molecule has 0 spiro atoms. The summed E-state index contributed by atoms with van der Waals surface area (Å²) in [5.74, 6) is -1.30. The third-order valence-corrected chi connectivity index (χ3v) is 5.53. The maximum Gasteiger partial charge on any atom is 0.390 e. The number of ether oxygens (including phenoxy) is 1. The quantitative estimate of drug-likeness (QED) is 0.188. The molecular weight excluding hydrogens is 450 g/mol. The molecule has 0 fully saturated rings. The molecule has 2 heterocycles. The molecule has 1 atom stereocenters. The van der Waals surface area contributed by atoms with Crippen molar-refractivity contribution in [3.05, 3.63) is 46.7 Å². The van der Waals surface area contributed by atoms with Gasteiger partial charge in [-0.25, -0.2) is 0 Å². The number of hydrazine groups is 1. The minimum Gasteiger partial charge on any atom is -0.459 e. The summed E-state index contributed by atoms with van der Waals surface area (Å²) in [6.45, 7) is 3.03. The zero-order chi connectivity index (χ0) is 23.3. The van der Waals surface area contributed by atoms with Crippen LogP contribution in [-0.2, 0) is 0 Å². The third-order valence-electron chi connectivity index (χ3n) is 4.35. The molecule has 172 valence electrons. The normalized spacial score (nSPS) is 12.6. The van der Waals surface area contributed by atoms with Gasteiger partial charge in [0.15, 0.2) is 0 Å². The summed E-state index contributed by atoms with van der Waals surface area (Å²) >= 11 is 0.983. The van der Waals surface area contributed by atoms with E-state index in [1.165, 1.54) is 0 Å². The first-order valence-electron chi connectivity index (χ1n) is 9.66. The number of hydrogen-bond donors (Lipinski definition) is 3. The Morgan fingerprint density at radius 1 is 1.22 bits per heavy atom. The SMILES string of the molecule is Cc1c(C(=O)NNc2ccccc2)sc2nc(OC(C)CNCCC(F)(F)F)nc(F)c12. The van der Waals surface area contributed by atoms with Gasteiger partial charge in [0.1, 0.15) is 10.9 Å². The number of para-hydroxylation sites is 1. The number of amides is 1. The highest BCUT2D eigenvalue weighted by atomic mass is 32.1. The predicted octanol–water partition coefficient (Wildman–Crippen LogP) is 4.21. The monoisotopic (exact) mass is 471 g/mol. The molecule has 0 bridgehead atoms. The number of thiophene rings is 1. The van der Waals surface area contributed by atoms with Gasteiger partial charge in [0.2, 0.25) is 5.95 Å². The van der Waals surface area contributed by atoms with Crippen LogP contribution < -0.4 is 20.9 Å². The molecule has 3 aromatic rings. The Bertz CT molecular complexity index is 1080. The topological polar surface area (TPSA) is 88.2 Å². The molecule has 0 aliphatic heterocycles. The van der Waals surface area contributed by atoms with Gasteiger partial charge in [0.25, 0.3) is 5.91 Å². The van der Waals surface area contributed by atoms with E-state index >= 15 is 0 Å². The lowest BCUT2D eigenvalue weighted by Crippen LogP contribution is -2.31. The van der Waals surface area contributed by atoms with Crippen molar-refractivity contribution in [1.29, 1.82) is 0 Å². The van der Waals surface area contributed by atoms with Crippen LogP contribution in [0.15, 0.2) is 30.3 Å². The predicted molar refractivity (Wildman–Crippen MR) is 113 cm³/mol. The van der Waals surface area contributed by atoms with Crippen LogP contribution >= 0.6 is 11.3 Å². The Kier molecular flexibility index (Phi) is 7.46. The fourth-order valence-corrected chi connectivity index (χ4v) is 3.86. The molecule has 1 aromatic carbocycles. The molecule has 0 aliphatic rings. The van der Waals surface area contributed by atoms with Gasteiger partial charge in [-0.05, 0) is 31.5 Å². The number of nitrogens with one attached hydrogen (secondary N) is 3. The van der Waals surface area contributed by atoms with Crippen LogP contribution in [0.4, 0.5) is 23.2 Å². The highest BCUT2D eigenvalue weighted by Gasteiger charge is 2.26. The Labute approximate surface area is 185 Å². The molecule has 32 heavy (non-hydrogen) atoms. The van der Waals surface area contributed by atoms with Gasteiger partial charge in [-0.15, -0.1) is 11.3 Å². The molecule has 2 aromatic heterocycles. The van der Waals surface area contributed by atoms with Gasteiger partial charge >= 0.3 is 12.2 Å². The summed E-state index contributed by atoms with van der Waals surface area (Å²) < 4.78 is 56.6. The van der Waals surface area contributed by atoms with Crippen LogP contribution in [-0.4, -0.2) is 41.2 Å². The largest absolute Gasteiger partial charge is 0.459 e. The summed E-state index contributed by atoms with van der Waals surface area (Å²) in [7, 11) is 0. The second-order valence-electron chi connectivity index (χ2n) is 6.98. The first-order valence-corrected chi connectivity index (χ1v) is 10.5. The lowest BCUT2D eigenvalue weighted by atomic mass is 10.2. The summed E-state index contributed by atoms with van der Waals surface area (Å²) in [5, 5.41) is 2.73. The number of benzene rings is 1. The fraction of sp³-hybridized carbons (Fsp3) is 0.350. The number of aryl methyl sites for hydroxylation is 1. The van der Waals surface area contributed by atoms with Gasteiger partial charge in [-0.1, -0.05) is 18.2 Å². The van der Waals surface area contributed by atoms with Crippen LogP contribution in [0.5, 0.6) is 6.01 Å². The number of carbonyl (C=O) groups is 1. The van der Waals surface area contributed by atoms with Gasteiger partial charge < -0.3 is 10.1 Å². The third kappa shape index (κ3) is 6.26. The molecule has 1 unspecified atom stereocenters. The van der Waals surface area contributed by atoms with Crippen molar-refractivity contribution in [2.45, 2.75) is 32.5 Å². The minimum atomic E-state index is -4.24. The summed E-state index contributed by atoms with van der Waals surface area (Å²) in [5.41, 5.74) is 6.40. The number of rotatable bonds is 9. The zero-order valence-corrected chi connectivity index (χ0v) is 18.0. The van der Waals surface area contributed by atoms with Crippen molar-refractivity contribution < 1.29 is 27.1 Å². The number of anilines is 1. The number of aromatic nitrogens is 2. The molecule has 0 saturated heterocycles. The van der Waals surface area contributed by atoms with Crippen molar-refractivity contribution in [2.24, 2.45) is 0 Å². The molecule has 12 heteroatoms. The van der Waals surface area contributed by atoms with Crippen molar-refractivity contribution in [1.82, 2.24) is 20.7 Å². The average Bonchev–Trinajstić information content (AvgIpc) is 3.06. The number of halogens is 4. The van der Waals surface area contributed by atoms with E-state index < -0.39 is 30.6 Å². The molecule has 3 rings (SSSR count). The minimum absolute atomic E-state index is 0.0986.